The average molecular weight is 304 g/mol. The molecule has 0 spiro atoms. The van der Waals surface area contributed by atoms with Crippen LogP contribution in [-0.2, 0) is 11.8 Å². The van der Waals surface area contributed by atoms with Crippen LogP contribution in [0.3, 0.4) is 0 Å². The number of nitrogens with zero attached hydrogens (tertiary/aromatic N) is 3. The minimum atomic E-state index is -0.243. The van der Waals surface area contributed by atoms with E-state index >= 15 is 0 Å². The van der Waals surface area contributed by atoms with Crippen LogP contribution in [0.4, 0.5) is 5.69 Å². The average Bonchev–Trinajstić information content (AvgIpc) is 2.74. The van der Waals surface area contributed by atoms with E-state index in [-0.39, 0.29) is 11.2 Å². The number of anilines is 1. The number of aryl methyl sites for hydroxylation is 3. The summed E-state index contributed by atoms with van der Waals surface area (Å²) in [5.74, 6) is 0.800. The highest BCUT2D eigenvalue weighted by atomic mass is 32.2. The Kier molecular flexibility index (Phi) is 4.67. The zero-order valence-corrected chi connectivity index (χ0v) is 13.8. The van der Waals surface area contributed by atoms with Gasteiger partial charge in [0.15, 0.2) is 5.16 Å². The van der Waals surface area contributed by atoms with Gasteiger partial charge in [0.25, 0.3) is 0 Å². The van der Waals surface area contributed by atoms with Crippen LogP contribution in [0.1, 0.15) is 23.9 Å². The largest absolute Gasteiger partial charge is 0.325 e. The van der Waals surface area contributed by atoms with Crippen LogP contribution in [0.2, 0.25) is 0 Å². The van der Waals surface area contributed by atoms with Crippen LogP contribution >= 0.6 is 11.8 Å². The van der Waals surface area contributed by atoms with Gasteiger partial charge in [0.2, 0.25) is 5.91 Å². The SMILES string of the molecule is Cc1ccc(C)c(NC(=O)[C@H](C)Sc2nnc(C)n2C)c1. The molecule has 0 radical (unpaired) electrons. The number of carbonyl (C=O) groups is 1. The Morgan fingerprint density at radius 1 is 1.29 bits per heavy atom. The fourth-order valence-corrected chi connectivity index (χ4v) is 2.67. The second-order valence-corrected chi connectivity index (χ2v) is 6.46. The smallest absolute Gasteiger partial charge is 0.237 e. The molecule has 5 nitrogen and oxygen atoms in total. The molecule has 1 amide bonds. The Labute approximate surface area is 129 Å². The highest BCUT2D eigenvalue weighted by Gasteiger charge is 2.18. The van der Waals surface area contributed by atoms with Crippen molar-refractivity contribution in [3.63, 3.8) is 0 Å². The maximum Gasteiger partial charge on any atom is 0.237 e. The first-order chi connectivity index (χ1) is 9.88. The molecule has 0 aliphatic heterocycles. The highest BCUT2D eigenvalue weighted by molar-refractivity contribution is 8.00. The molecule has 112 valence electrons. The standard InChI is InChI=1S/C15H20N4OS/c1-9-6-7-10(2)13(8-9)16-14(20)11(3)21-15-18-17-12(4)19(15)5/h6-8,11H,1-5H3,(H,16,20)/t11-/m0/s1. The van der Waals surface area contributed by atoms with E-state index in [4.69, 9.17) is 0 Å². The topological polar surface area (TPSA) is 59.8 Å². The van der Waals surface area contributed by atoms with Gasteiger partial charge in [-0.05, 0) is 44.9 Å². The lowest BCUT2D eigenvalue weighted by Gasteiger charge is -2.13. The molecule has 0 fully saturated rings. The third kappa shape index (κ3) is 3.64. The van der Waals surface area contributed by atoms with E-state index in [0.717, 1.165) is 27.8 Å². The van der Waals surface area contributed by atoms with Gasteiger partial charge in [0, 0.05) is 12.7 Å². The third-order valence-corrected chi connectivity index (χ3v) is 4.49. The molecular formula is C15H20N4OS. The number of carbonyl (C=O) groups excluding carboxylic acids is 1. The van der Waals surface area contributed by atoms with E-state index in [1.54, 1.807) is 0 Å². The molecule has 1 aromatic carbocycles. The number of hydrogen-bond donors (Lipinski definition) is 1. The number of hydrogen-bond acceptors (Lipinski definition) is 4. The molecule has 1 aromatic heterocycles. The molecule has 21 heavy (non-hydrogen) atoms. The van der Waals surface area contributed by atoms with Crippen LogP contribution in [0.15, 0.2) is 23.4 Å². The second kappa shape index (κ2) is 6.30. The first kappa shape index (κ1) is 15.6. The maximum absolute atomic E-state index is 12.3. The van der Waals surface area contributed by atoms with E-state index in [0.29, 0.717) is 0 Å². The lowest BCUT2D eigenvalue weighted by Crippen LogP contribution is -2.23. The molecule has 0 unspecified atom stereocenters. The zero-order chi connectivity index (χ0) is 15.6. The summed E-state index contributed by atoms with van der Waals surface area (Å²) < 4.78 is 1.88. The predicted octanol–water partition coefficient (Wildman–Crippen LogP) is 2.86. The Bertz CT molecular complexity index is 666. The van der Waals surface area contributed by atoms with Crippen molar-refractivity contribution in [3.8, 4) is 0 Å². The van der Waals surface area contributed by atoms with Gasteiger partial charge in [-0.1, -0.05) is 23.9 Å². The van der Waals surface area contributed by atoms with E-state index in [9.17, 15) is 4.79 Å². The summed E-state index contributed by atoms with van der Waals surface area (Å²) in [4.78, 5) is 12.3. The molecule has 0 aliphatic carbocycles. The molecule has 2 aromatic rings. The van der Waals surface area contributed by atoms with Crippen molar-refractivity contribution >= 4 is 23.4 Å². The molecule has 1 atom stereocenters. The van der Waals surface area contributed by atoms with Gasteiger partial charge in [-0.15, -0.1) is 10.2 Å². The zero-order valence-electron chi connectivity index (χ0n) is 13.0. The van der Waals surface area contributed by atoms with E-state index in [1.165, 1.54) is 11.8 Å². The van der Waals surface area contributed by atoms with Gasteiger partial charge in [-0.25, -0.2) is 0 Å². The Hall–Kier alpha value is -1.82. The minimum Gasteiger partial charge on any atom is -0.325 e. The first-order valence-electron chi connectivity index (χ1n) is 6.79. The molecule has 0 saturated heterocycles. The predicted molar refractivity (Wildman–Crippen MR) is 85.6 cm³/mol. The van der Waals surface area contributed by atoms with Crippen molar-refractivity contribution in [1.29, 1.82) is 0 Å². The first-order valence-corrected chi connectivity index (χ1v) is 7.67. The molecule has 0 saturated carbocycles. The fourth-order valence-electron chi connectivity index (χ4n) is 1.81. The number of thioether (sulfide) groups is 1. The quantitative estimate of drug-likeness (QED) is 0.882. The fraction of sp³-hybridized carbons (Fsp3) is 0.400. The summed E-state index contributed by atoms with van der Waals surface area (Å²) in [6.45, 7) is 7.75. The van der Waals surface area contributed by atoms with Gasteiger partial charge in [-0.3, -0.25) is 4.79 Å². The van der Waals surface area contributed by atoms with Crippen molar-refractivity contribution < 1.29 is 4.79 Å². The van der Waals surface area contributed by atoms with Crippen LogP contribution in [0.25, 0.3) is 0 Å². The number of nitrogens with one attached hydrogen (secondary N) is 1. The Morgan fingerprint density at radius 3 is 2.62 bits per heavy atom. The Morgan fingerprint density at radius 2 is 2.00 bits per heavy atom. The monoisotopic (exact) mass is 304 g/mol. The molecule has 0 bridgehead atoms. The van der Waals surface area contributed by atoms with Gasteiger partial charge in [0.1, 0.15) is 5.82 Å². The highest BCUT2D eigenvalue weighted by Crippen LogP contribution is 2.23. The molecule has 1 N–H and O–H groups in total. The summed E-state index contributed by atoms with van der Waals surface area (Å²) in [6, 6.07) is 6.03. The lowest BCUT2D eigenvalue weighted by molar-refractivity contribution is -0.115. The van der Waals surface area contributed by atoms with Gasteiger partial charge in [0.05, 0.1) is 5.25 Å². The molecular weight excluding hydrogens is 284 g/mol. The van der Waals surface area contributed by atoms with E-state index in [2.05, 4.69) is 15.5 Å². The van der Waals surface area contributed by atoms with E-state index in [1.807, 2.05) is 57.5 Å². The van der Waals surface area contributed by atoms with Crippen molar-refractivity contribution in [3.05, 3.63) is 35.2 Å². The summed E-state index contributed by atoms with van der Waals surface area (Å²) >= 11 is 1.41. The van der Waals surface area contributed by atoms with Crippen LogP contribution in [0.5, 0.6) is 0 Å². The summed E-state index contributed by atoms with van der Waals surface area (Å²) in [5.41, 5.74) is 3.04. The molecule has 2 rings (SSSR count). The van der Waals surface area contributed by atoms with Gasteiger partial charge < -0.3 is 9.88 Å². The van der Waals surface area contributed by atoms with Crippen LogP contribution < -0.4 is 5.32 Å². The summed E-state index contributed by atoms with van der Waals surface area (Å²) in [7, 11) is 1.90. The van der Waals surface area contributed by atoms with Crippen molar-refractivity contribution in [2.24, 2.45) is 7.05 Å². The summed E-state index contributed by atoms with van der Waals surface area (Å²) in [6.07, 6.45) is 0. The van der Waals surface area contributed by atoms with Crippen molar-refractivity contribution in [2.75, 3.05) is 5.32 Å². The summed E-state index contributed by atoms with van der Waals surface area (Å²) in [5, 5.41) is 11.6. The second-order valence-electron chi connectivity index (χ2n) is 5.16. The Balaban J connectivity index is 2.06. The number of aromatic nitrogens is 3. The van der Waals surface area contributed by atoms with Crippen molar-refractivity contribution in [1.82, 2.24) is 14.8 Å². The van der Waals surface area contributed by atoms with Crippen molar-refractivity contribution in [2.45, 2.75) is 38.1 Å². The van der Waals surface area contributed by atoms with Gasteiger partial charge >= 0.3 is 0 Å². The van der Waals surface area contributed by atoms with Crippen LogP contribution in [0, 0.1) is 20.8 Å². The molecule has 1 heterocycles. The molecule has 0 aliphatic rings. The molecule has 6 heteroatoms. The lowest BCUT2D eigenvalue weighted by atomic mass is 10.1. The van der Waals surface area contributed by atoms with Crippen LogP contribution in [-0.4, -0.2) is 25.9 Å². The van der Waals surface area contributed by atoms with E-state index < -0.39 is 0 Å². The number of amides is 1. The number of benzene rings is 1. The third-order valence-electron chi connectivity index (χ3n) is 3.35. The normalized spacial score (nSPS) is 12.2. The minimum absolute atomic E-state index is 0.0330. The van der Waals surface area contributed by atoms with Gasteiger partial charge in [-0.2, -0.15) is 0 Å². The maximum atomic E-state index is 12.3. The number of rotatable bonds is 4.